The summed E-state index contributed by atoms with van der Waals surface area (Å²) in [7, 11) is -1.81. The summed E-state index contributed by atoms with van der Waals surface area (Å²) in [5.41, 5.74) is 3.56. The number of nitrogens with one attached hydrogen (secondary N) is 1. The van der Waals surface area contributed by atoms with Gasteiger partial charge in [-0.2, -0.15) is 0 Å². The van der Waals surface area contributed by atoms with Gasteiger partial charge >= 0.3 is 0 Å². The lowest BCUT2D eigenvalue weighted by molar-refractivity contribution is 0.232. The average molecular weight is 447 g/mol. The summed E-state index contributed by atoms with van der Waals surface area (Å²) in [4.78, 5) is 4.66. The number of aromatic nitrogens is 1. The van der Waals surface area contributed by atoms with Crippen LogP contribution in [-0.2, 0) is 4.43 Å². The number of rotatable bonds is 7. The highest BCUT2D eigenvalue weighted by molar-refractivity contribution is 6.74. The van der Waals surface area contributed by atoms with Crippen molar-refractivity contribution in [1.29, 1.82) is 0 Å². The van der Waals surface area contributed by atoms with E-state index in [1.54, 1.807) is 0 Å². The van der Waals surface area contributed by atoms with Gasteiger partial charge in [0.15, 0.2) is 19.9 Å². The van der Waals surface area contributed by atoms with Gasteiger partial charge in [0.2, 0.25) is 0 Å². The first-order valence-electron chi connectivity index (χ1n) is 11.4. The zero-order valence-corrected chi connectivity index (χ0v) is 20.8. The normalized spacial score (nSPS) is 16.0. The third-order valence-corrected chi connectivity index (χ3v) is 11.3. The second kappa shape index (κ2) is 9.08. The molecule has 1 N–H and O–H groups in total. The quantitative estimate of drug-likeness (QED) is 0.406. The van der Waals surface area contributed by atoms with E-state index in [2.05, 4.69) is 98.8 Å². The molecule has 1 aromatic heterocycles. The van der Waals surface area contributed by atoms with E-state index in [9.17, 15) is 0 Å². The molecule has 3 aromatic rings. The number of anilines is 1. The minimum Gasteiger partial charge on any atom is -0.489 e. The Balaban J connectivity index is 1.58. The molecule has 1 aliphatic heterocycles. The Labute approximate surface area is 193 Å². The highest BCUT2D eigenvalue weighted by Crippen LogP contribution is 2.42. The highest BCUT2D eigenvalue weighted by atomic mass is 28.4. The van der Waals surface area contributed by atoms with Crippen LogP contribution in [-0.4, -0.2) is 26.5 Å². The Morgan fingerprint density at radius 3 is 2.16 bits per heavy atom. The van der Waals surface area contributed by atoms with E-state index in [0.717, 1.165) is 11.6 Å². The van der Waals surface area contributed by atoms with Crippen molar-refractivity contribution in [2.45, 2.75) is 50.9 Å². The number of benzene rings is 2. The van der Waals surface area contributed by atoms with E-state index in [1.165, 1.54) is 16.7 Å². The number of ether oxygens (including phenoxy) is 1. The molecule has 5 heteroatoms. The Bertz CT molecular complexity index is 993. The molecule has 4 rings (SSSR count). The number of fused-ring (bicyclic) bond motifs is 1. The minimum atomic E-state index is -1.81. The van der Waals surface area contributed by atoms with Crippen LogP contribution in [0.25, 0.3) is 0 Å². The van der Waals surface area contributed by atoms with Crippen molar-refractivity contribution in [2.24, 2.45) is 0 Å². The van der Waals surface area contributed by atoms with Crippen molar-refractivity contribution in [2.75, 3.05) is 18.5 Å². The number of pyridine rings is 1. The zero-order valence-electron chi connectivity index (χ0n) is 19.8. The van der Waals surface area contributed by atoms with Crippen LogP contribution in [0.15, 0.2) is 72.9 Å². The highest BCUT2D eigenvalue weighted by Gasteiger charge is 2.39. The molecule has 168 valence electrons. The summed E-state index contributed by atoms with van der Waals surface area (Å²) in [6, 6.07) is 23.0. The Morgan fingerprint density at radius 2 is 1.59 bits per heavy atom. The molecule has 0 aliphatic carbocycles. The van der Waals surface area contributed by atoms with Gasteiger partial charge in [0.05, 0.1) is 12.6 Å². The molecular weight excluding hydrogens is 412 g/mol. The van der Waals surface area contributed by atoms with E-state index >= 15 is 0 Å². The topological polar surface area (TPSA) is 43.4 Å². The molecule has 0 fully saturated rings. The Kier molecular flexibility index (Phi) is 6.40. The molecule has 4 nitrogen and oxygen atoms in total. The second-order valence-electron chi connectivity index (χ2n) is 10.1. The van der Waals surface area contributed by atoms with Crippen molar-refractivity contribution in [1.82, 2.24) is 4.98 Å². The van der Waals surface area contributed by atoms with Crippen LogP contribution in [0.3, 0.4) is 0 Å². The SMILES string of the molecule is CC(C)(C)[Si](C)(C)OCC1COc2c1ccnc2NC(c1ccccc1)c1ccccc1. The molecule has 2 heterocycles. The predicted octanol–water partition coefficient (Wildman–Crippen LogP) is 6.78. The van der Waals surface area contributed by atoms with Gasteiger partial charge in [-0.15, -0.1) is 0 Å². The van der Waals surface area contributed by atoms with Gasteiger partial charge in [0.1, 0.15) is 0 Å². The molecule has 1 unspecified atom stereocenters. The first kappa shape index (κ1) is 22.6. The molecule has 0 spiro atoms. The number of hydrogen-bond acceptors (Lipinski definition) is 4. The molecule has 1 aliphatic rings. The number of nitrogens with zero attached hydrogens (tertiary/aromatic N) is 1. The molecule has 1 atom stereocenters. The average Bonchev–Trinajstić information content (AvgIpc) is 3.20. The Hall–Kier alpha value is -2.63. The first-order valence-corrected chi connectivity index (χ1v) is 14.3. The summed E-state index contributed by atoms with van der Waals surface area (Å²) in [6.07, 6.45) is 1.88. The molecule has 0 amide bonds. The molecule has 0 radical (unpaired) electrons. The van der Waals surface area contributed by atoms with E-state index in [1.807, 2.05) is 18.3 Å². The fraction of sp³-hybridized carbons (Fsp3) is 0.370. The maximum Gasteiger partial charge on any atom is 0.192 e. The van der Waals surface area contributed by atoms with E-state index in [4.69, 9.17) is 9.16 Å². The maximum absolute atomic E-state index is 6.51. The molecule has 0 bridgehead atoms. The fourth-order valence-electron chi connectivity index (χ4n) is 3.76. The van der Waals surface area contributed by atoms with Crippen LogP contribution in [0.1, 0.15) is 49.4 Å². The van der Waals surface area contributed by atoms with Gasteiger partial charge in [0, 0.05) is 24.3 Å². The van der Waals surface area contributed by atoms with Gasteiger partial charge < -0.3 is 14.5 Å². The van der Waals surface area contributed by atoms with E-state index in [0.29, 0.717) is 13.2 Å². The van der Waals surface area contributed by atoms with Crippen LogP contribution in [0.4, 0.5) is 5.82 Å². The predicted molar refractivity (Wildman–Crippen MR) is 134 cm³/mol. The minimum absolute atomic E-state index is 0.0115. The number of hydrogen-bond donors (Lipinski definition) is 1. The van der Waals surface area contributed by atoms with Crippen LogP contribution >= 0.6 is 0 Å². The molecule has 2 aromatic carbocycles. The zero-order chi connectivity index (χ0) is 22.8. The second-order valence-corrected chi connectivity index (χ2v) is 14.9. The third kappa shape index (κ3) is 4.74. The smallest absolute Gasteiger partial charge is 0.192 e. The summed E-state index contributed by atoms with van der Waals surface area (Å²) >= 11 is 0. The van der Waals surface area contributed by atoms with Crippen LogP contribution < -0.4 is 10.1 Å². The van der Waals surface area contributed by atoms with Crippen molar-refractivity contribution < 1.29 is 9.16 Å². The first-order chi connectivity index (χ1) is 15.3. The maximum atomic E-state index is 6.51. The summed E-state index contributed by atoms with van der Waals surface area (Å²) in [5.74, 6) is 1.87. The van der Waals surface area contributed by atoms with Gasteiger partial charge in [-0.25, -0.2) is 4.98 Å². The standard InChI is InChI=1S/C27H34N2O2Si/c1-27(2,3)32(4,5)31-19-22-18-30-25-23(22)16-17-28-26(25)29-24(20-12-8-6-9-13-20)21-14-10-7-11-15-21/h6-17,22,24H,18-19H2,1-5H3,(H,28,29). The van der Waals surface area contributed by atoms with Gasteiger partial charge in [-0.05, 0) is 35.3 Å². The third-order valence-electron chi connectivity index (χ3n) is 6.80. The van der Waals surface area contributed by atoms with E-state index in [-0.39, 0.29) is 17.0 Å². The Morgan fingerprint density at radius 1 is 1.00 bits per heavy atom. The lowest BCUT2D eigenvalue weighted by Crippen LogP contribution is -2.41. The lowest BCUT2D eigenvalue weighted by atomic mass is 9.98. The van der Waals surface area contributed by atoms with Gasteiger partial charge in [0.25, 0.3) is 0 Å². The summed E-state index contributed by atoms with van der Waals surface area (Å²) < 4.78 is 12.7. The summed E-state index contributed by atoms with van der Waals surface area (Å²) in [6.45, 7) is 12.7. The lowest BCUT2D eigenvalue weighted by Gasteiger charge is -2.36. The van der Waals surface area contributed by atoms with Gasteiger partial charge in [-0.3, -0.25) is 0 Å². The molecule has 32 heavy (non-hydrogen) atoms. The molecule has 0 saturated heterocycles. The van der Waals surface area contributed by atoms with Gasteiger partial charge in [-0.1, -0.05) is 81.4 Å². The van der Waals surface area contributed by atoms with Crippen molar-refractivity contribution in [3.05, 3.63) is 89.6 Å². The van der Waals surface area contributed by atoms with Crippen LogP contribution in [0.2, 0.25) is 18.1 Å². The van der Waals surface area contributed by atoms with Crippen molar-refractivity contribution >= 4 is 14.1 Å². The van der Waals surface area contributed by atoms with Crippen molar-refractivity contribution in [3.8, 4) is 5.75 Å². The van der Waals surface area contributed by atoms with Crippen molar-refractivity contribution in [3.63, 3.8) is 0 Å². The summed E-state index contributed by atoms with van der Waals surface area (Å²) in [5, 5.41) is 3.85. The molecular formula is C27H34N2O2Si. The van der Waals surface area contributed by atoms with Crippen LogP contribution in [0.5, 0.6) is 5.75 Å². The fourth-order valence-corrected chi connectivity index (χ4v) is 4.81. The largest absolute Gasteiger partial charge is 0.489 e. The van der Waals surface area contributed by atoms with E-state index < -0.39 is 8.32 Å². The monoisotopic (exact) mass is 446 g/mol. The molecule has 0 saturated carbocycles. The van der Waals surface area contributed by atoms with Crippen LogP contribution in [0, 0.1) is 0 Å².